The van der Waals surface area contributed by atoms with Crippen LogP contribution in [0.4, 0.5) is 0 Å². The highest BCUT2D eigenvalue weighted by atomic mass is 35.5. The van der Waals surface area contributed by atoms with Crippen molar-refractivity contribution in [2.24, 2.45) is 11.8 Å². The van der Waals surface area contributed by atoms with Crippen molar-refractivity contribution in [3.8, 4) is 0 Å². The molecule has 1 rings (SSSR count). The van der Waals surface area contributed by atoms with Gasteiger partial charge in [-0.1, -0.05) is 6.92 Å². The van der Waals surface area contributed by atoms with Gasteiger partial charge in [0.1, 0.15) is 0 Å². The standard InChI is InChI=1S/C10H19ClO/c1-8(6-9(2)11)10-4-3-5-12-7-10/h8-10H,3-7H2,1-2H3. The summed E-state index contributed by atoms with van der Waals surface area (Å²) < 4.78 is 5.44. The quantitative estimate of drug-likeness (QED) is 0.622. The zero-order valence-corrected chi connectivity index (χ0v) is 8.81. The van der Waals surface area contributed by atoms with E-state index in [2.05, 4.69) is 13.8 Å². The monoisotopic (exact) mass is 190 g/mol. The molecule has 0 aromatic carbocycles. The van der Waals surface area contributed by atoms with Gasteiger partial charge in [0.2, 0.25) is 0 Å². The molecule has 0 aromatic rings. The minimum Gasteiger partial charge on any atom is -0.381 e. The number of hydrogen-bond acceptors (Lipinski definition) is 1. The number of halogens is 1. The highest BCUT2D eigenvalue weighted by Gasteiger charge is 2.21. The fourth-order valence-electron chi connectivity index (χ4n) is 1.92. The van der Waals surface area contributed by atoms with Crippen LogP contribution in [0.5, 0.6) is 0 Å². The maximum Gasteiger partial charge on any atom is 0.0496 e. The predicted molar refractivity (Wildman–Crippen MR) is 52.6 cm³/mol. The SMILES string of the molecule is CC(Cl)CC(C)C1CCCOC1. The van der Waals surface area contributed by atoms with Gasteiger partial charge in [0.25, 0.3) is 0 Å². The topological polar surface area (TPSA) is 9.23 Å². The van der Waals surface area contributed by atoms with Crippen LogP contribution in [0.1, 0.15) is 33.1 Å². The average Bonchev–Trinajstić information content (AvgIpc) is 2.05. The van der Waals surface area contributed by atoms with E-state index in [1.54, 1.807) is 0 Å². The Kier molecular flexibility index (Phi) is 4.38. The van der Waals surface area contributed by atoms with Crippen molar-refractivity contribution in [1.82, 2.24) is 0 Å². The van der Waals surface area contributed by atoms with Crippen LogP contribution < -0.4 is 0 Å². The van der Waals surface area contributed by atoms with Gasteiger partial charge in [-0.3, -0.25) is 0 Å². The summed E-state index contributed by atoms with van der Waals surface area (Å²) in [5.41, 5.74) is 0. The molecule has 0 aromatic heterocycles. The lowest BCUT2D eigenvalue weighted by molar-refractivity contribution is 0.0324. The van der Waals surface area contributed by atoms with Crippen molar-refractivity contribution < 1.29 is 4.74 Å². The lowest BCUT2D eigenvalue weighted by atomic mass is 9.86. The van der Waals surface area contributed by atoms with Gasteiger partial charge in [-0.15, -0.1) is 11.6 Å². The van der Waals surface area contributed by atoms with Crippen LogP contribution in [0.15, 0.2) is 0 Å². The third-order valence-electron chi connectivity index (χ3n) is 2.70. The van der Waals surface area contributed by atoms with Crippen LogP contribution in [0.25, 0.3) is 0 Å². The van der Waals surface area contributed by atoms with Crippen LogP contribution in [-0.2, 0) is 4.74 Å². The summed E-state index contributed by atoms with van der Waals surface area (Å²) in [7, 11) is 0. The van der Waals surface area contributed by atoms with Gasteiger partial charge in [0.15, 0.2) is 0 Å². The maximum atomic E-state index is 5.95. The van der Waals surface area contributed by atoms with Gasteiger partial charge in [0.05, 0.1) is 0 Å². The Labute approximate surface area is 80.4 Å². The molecule has 0 amide bonds. The molecule has 1 aliphatic rings. The summed E-state index contributed by atoms with van der Waals surface area (Å²) in [4.78, 5) is 0. The van der Waals surface area contributed by atoms with Gasteiger partial charge in [-0.25, -0.2) is 0 Å². The van der Waals surface area contributed by atoms with Crippen LogP contribution in [0.2, 0.25) is 0 Å². The summed E-state index contributed by atoms with van der Waals surface area (Å²) in [6.45, 7) is 6.27. The molecule has 0 bridgehead atoms. The second kappa shape index (κ2) is 5.08. The number of alkyl halides is 1. The van der Waals surface area contributed by atoms with E-state index in [9.17, 15) is 0 Å². The fourth-order valence-corrected chi connectivity index (χ4v) is 2.20. The van der Waals surface area contributed by atoms with E-state index in [4.69, 9.17) is 16.3 Å². The summed E-state index contributed by atoms with van der Waals surface area (Å²) in [6, 6.07) is 0. The molecular weight excluding hydrogens is 172 g/mol. The van der Waals surface area contributed by atoms with Gasteiger partial charge < -0.3 is 4.74 Å². The van der Waals surface area contributed by atoms with Gasteiger partial charge in [0, 0.05) is 18.6 Å². The molecule has 12 heavy (non-hydrogen) atoms. The first-order chi connectivity index (χ1) is 5.70. The van der Waals surface area contributed by atoms with Gasteiger partial charge in [-0.2, -0.15) is 0 Å². The molecule has 1 nitrogen and oxygen atoms in total. The smallest absolute Gasteiger partial charge is 0.0496 e. The van der Waals surface area contributed by atoms with E-state index in [1.165, 1.54) is 12.8 Å². The summed E-state index contributed by atoms with van der Waals surface area (Å²) in [5.74, 6) is 1.47. The summed E-state index contributed by atoms with van der Waals surface area (Å²) >= 11 is 5.95. The molecule has 0 radical (unpaired) electrons. The fraction of sp³-hybridized carbons (Fsp3) is 1.00. The Bertz CT molecular complexity index is 119. The van der Waals surface area contributed by atoms with Crippen molar-refractivity contribution in [1.29, 1.82) is 0 Å². The van der Waals surface area contributed by atoms with Crippen LogP contribution in [0, 0.1) is 11.8 Å². The van der Waals surface area contributed by atoms with Gasteiger partial charge >= 0.3 is 0 Å². The molecule has 2 heteroatoms. The molecule has 1 fully saturated rings. The second-order valence-corrected chi connectivity index (χ2v) is 4.72. The van der Waals surface area contributed by atoms with Crippen LogP contribution in [-0.4, -0.2) is 18.6 Å². The average molecular weight is 191 g/mol. The minimum absolute atomic E-state index is 0.307. The van der Waals surface area contributed by atoms with E-state index in [0.29, 0.717) is 5.38 Å². The zero-order valence-electron chi connectivity index (χ0n) is 8.05. The first-order valence-corrected chi connectivity index (χ1v) is 5.35. The van der Waals surface area contributed by atoms with Crippen molar-refractivity contribution >= 4 is 11.6 Å². The second-order valence-electron chi connectivity index (χ2n) is 3.97. The van der Waals surface area contributed by atoms with Crippen molar-refractivity contribution in [2.75, 3.05) is 13.2 Å². The largest absolute Gasteiger partial charge is 0.381 e. The van der Waals surface area contributed by atoms with Crippen molar-refractivity contribution in [3.63, 3.8) is 0 Å². The first kappa shape index (κ1) is 10.3. The van der Waals surface area contributed by atoms with E-state index >= 15 is 0 Å². The molecule has 72 valence electrons. The number of rotatable bonds is 3. The molecule has 3 atom stereocenters. The molecule has 1 heterocycles. The van der Waals surface area contributed by atoms with Crippen molar-refractivity contribution in [3.05, 3.63) is 0 Å². The predicted octanol–water partition coefficient (Wildman–Crippen LogP) is 3.07. The zero-order chi connectivity index (χ0) is 8.97. The molecule has 0 aliphatic carbocycles. The lowest BCUT2D eigenvalue weighted by Gasteiger charge is -2.28. The molecule has 1 aliphatic heterocycles. The van der Waals surface area contributed by atoms with Crippen LogP contribution >= 0.6 is 11.6 Å². The van der Waals surface area contributed by atoms with E-state index in [-0.39, 0.29) is 0 Å². The molecule has 0 N–H and O–H groups in total. The molecular formula is C10H19ClO. The molecule has 3 unspecified atom stereocenters. The Morgan fingerprint density at radius 1 is 1.50 bits per heavy atom. The summed E-state index contributed by atoms with van der Waals surface area (Å²) in [6.07, 6.45) is 3.67. The maximum absolute atomic E-state index is 5.95. The van der Waals surface area contributed by atoms with Crippen LogP contribution in [0.3, 0.4) is 0 Å². The Hall–Kier alpha value is 0.250. The van der Waals surface area contributed by atoms with E-state index < -0.39 is 0 Å². The highest BCUT2D eigenvalue weighted by Crippen LogP contribution is 2.26. The van der Waals surface area contributed by atoms with Crippen molar-refractivity contribution in [2.45, 2.75) is 38.5 Å². The Morgan fingerprint density at radius 2 is 2.25 bits per heavy atom. The van der Waals surface area contributed by atoms with Gasteiger partial charge in [-0.05, 0) is 38.0 Å². The minimum atomic E-state index is 0.307. The third kappa shape index (κ3) is 3.32. The van der Waals surface area contributed by atoms with E-state index in [0.717, 1.165) is 31.5 Å². The molecule has 1 saturated heterocycles. The lowest BCUT2D eigenvalue weighted by Crippen LogP contribution is -2.24. The Balaban J connectivity index is 2.24. The Morgan fingerprint density at radius 3 is 2.75 bits per heavy atom. The third-order valence-corrected chi connectivity index (χ3v) is 2.88. The number of ether oxygens (including phenoxy) is 1. The van der Waals surface area contributed by atoms with E-state index in [1.807, 2.05) is 0 Å². The molecule has 0 spiro atoms. The first-order valence-electron chi connectivity index (χ1n) is 4.92. The normalized spacial score (nSPS) is 29.8. The summed E-state index contributed by atoms with van der Waals surface area (Å²) in [5, 5.41) is 0.307. The molecule has 0 saturated carbocycles. The highest BCUT2D eigenvalue weighted by molar-refractivity contribution is 6.20. The number of hydrogen-bond donors (Lipinski definition) is 0.